The van der Waals surface area contributed by atoms with Gasteiger partial charge in [0.1, 0.15) is 0 Å². The number of hydrogen-bond donors (Lipinski definition) is 1. The van der Waals surface area contributed by atoms with Crippen LogP contribution in [0.2, 0.25) is 0 Å². The molecule has 0 aromatic carbocycles. The van der Waals surface area contributed by atoms with Crippen LogP contribution in [0.4, 0.5) is 0 Å². The van der Waals surface area contributed by atoms with E-state index in [2.05, 4.69) is 16.9 Å². The van der Waals surface area contributed by atoms with Gasteiger partial charge in [0.25, 0.3) is 5.91 Å². The quantitative estimate of drug-likeness (QED) is 0.540. The molecule has 3 nitrogen and oxygen atoms in total. The highest BCUT2D eigenvalue weighted by molar-refractivity contribution is 8.15. The Bertz CT molecular complexity index is 234. The zero-order chi connectivity index (χ0) is 9.68. The van der Waals surface area contributed by atoms with E-state index < -0.39 is 0 Å². The molecule has 0 unspecified atom stereocenters. The van der Waals surface area contributed by atoms with Crippen molar-refractivity contribution in [1.29, 1.82) is 0 Å². The predicted octanol–water partition coefficient (Wildman–Crippen LogP) is 1.56. The Labute approximate surface area is 82.7 Å². The molecule has 0 bridgehead atoms. The zero-order valence-electron chi connectivity index (χ0n) is 7.75. The fourth-order valence-electron chi connectivity index (χ4n) is 1.09. The molecule has 4 heteroatoms. The lowest BCUT2D eigenvalue weighted by Gasteiger charge is -2.26. The van der Waals surface area contributed by atoms with Gasteiger partial charge in [0.2, 0.25) is 0 Å². The molecular weight excluding hydrogens is 184 g/mol. The van der Waals surface area contributed by atoms with Crippen molar-refractivity contribution >= 4 is 22.7 Å². The lowest BCUT2D eigenvalue weighted by molar-refractivity contribution is -0.115. The topological polar surface area (TPSA) is 41.5 Å². The molecule has 0 saturated heterocycles. The Balaban J connectivity index is 2.43. The molecule has 0 radical (unpaired) electrons. The van der Waals surface area contributed by atoms with Gasteiger partial charge in [0.05, 0.1) is 0 Å². The maximum Gasteiger partial charge on any atom is 0.276 e. The van der Waals surface area contributed by atoms with Crippen molar-refractivity contribution in [3.8, 4) is 0 Å². The zero-order valence-corrected chi connectivity index (χ0v) is 8.56. The minimum Gasteiger partial charge on any atom is -0.348 e. The van der Waals surface area contributed by atoms with E-state index in [1.165, 1.54) is 24.4 Å². The van der Waals surface area contributed by atoms with Crippen LogP contribution in [0.3, 0.4) is 0 Å². The first-order valence-corrected chi connectivity index (χ1v) is 5.54. The number of hydrogen-bond acceptors (Lipinski definition) is 3. The Morgan fingerprint density at radius 1 is 1.69 bits per heavy atom. The first kappa shape index (κ1) is 10.3. The third-order valence-electron chi connectivity index (χ3n) is 2.04. The van der Waals surface area contributed by atoms with Crippen LogP contribution in [0.5, 0.6) is 0 Å². The smallest absolute Gasteiger partial charge is 0.276 e. The average Bonchev–Trinajstić information content (AvgIpc) is 2.07. The molecule has 1 N–H and O–H groups in total. The number of carbonyl (C=O) groups is 1. The summed E-state index contributed by atoms with van der Waals surface area (Å²) in [5.41, 5.74) is 0. The first-order valence-electron chi connectivity index (χ1n) is 4.31. The van der Waals surface area contributed by atoms with Crippen molar-refractivity contribution in [2.24, 2.45) is 4.99 Å². The van der Waals surface area contributed by atoms with E-state index in [4.69, 9.17) is 0 Å². The molecule has 1 fully saturated rings. The van der Waals surface area contributed by atoms with Gasteiger partial charge in [0, 0.05) is 12.2 Å². The highest BCUT2D eigenvalue weighted by atomic mass is 32.2. The summed E-state index contributed by atoms with van der Waals surface area (Å²) in [4.78, 5) is 15.3. The second-order valence-corrected chi connectivity index (χ2v) is 3.72. The van der Waals surface area contributed by atoms with Crippen molar-refractivity contribution in [2.75, 3.05) is 6.26 Å². The van der Waals surface area contributed by atoms with Gasteiger partial charge in [-0.15, -0.1) is 11.8 Å². The molecule has 0 aromatic heterocycles. The van der Waals surface area contributed by atoms with Crippen LogP contribution >= 0.6 is 11.8 Å². The number of aliphatic imine (C=N–C) groups is 1. The van der Waals surface area contributed by atoms with Gasteiger partial charge in [-0.05, 0) is 25.5 Å². The van der Waals surface area contributed by atoms with E-state index in [9.17, 15) is 4.79 Å². The maximum absolute atomic E-state index is 11.5. The van der Waals surface area contributed by atoms with E-state index in [0.29, 0.717) is 11.1 Å². The summed E-state index contributed by atoms with van der Waals surface area (Å²) >= 11 is 1.35. The second-order valence-electron chi connectivity index (χ2n) is 2.92. The largest absolute Gasteiger partial charge is 0.348 e. The minimum absolute atomic E-state index is 0.0721. The number of thioether (sulfide) groups is 1. The number of amides is 1. The Morgan fingerprint density at radius 2 is 2.38 bits per heavy atom. The van der Waals surface area contributed by atoms with E-state index in [1.54, 1.807) is 0 Å². The standard InChI is InChI=1S/C9H14N2OS/c1-3-10-9(13-2)8(12)11-7-5-4-6-7/h3,7H,1,4-6H2,2H3,(H,11,12). The number of nitrogens with zero attached hydrogens (tertiary/aromatic N) is 1. The molecule has 0 aliphatic heterocycles. The first-order chi connectivity index (χ1) is 6.27. The Kier molecular flexibility index (Phi) is 4.02. The summed E-state index contributed by atoms with van der Waals surface area (Å²) in [5, 5.41) is 3.40. The number of rotatable bonds is 2. The molecule has 1 aliphatic carbocycles. The summed E-state index contributed by atoms with van der Waals surface area (Å²) in [7, 11) is 0. The highest BCUT2D eigenvalue weighted by Gasteiger charge is 2.21. The Morgan fingerprint density at radius 3 is 2.77 bits per heavy atom. The van der Waals surface area contributed by atoms with Gasteiger partial charge in [-0.1, -0.05) is 6.58 Å². The van der Waals surface area contributed by atoms with Crippen LogP contribution < -0.4 is 5.32 Å². The number of nitrogens with one attached hydrogen (secondary N) is 1. The fraction of sp³-hybridized carbons (Fsp3) is 0.556. The van der Waals surface area contributed by atoms with E-state index in [1.807, 2.05) is 6.26 Å². The molecule has 1 aliphatic rings. The molecule has 0 spiro atoms. The van der Waals surface area contributed by atoms with Gasteiger partial charge in [0.15, 0.2) is 5.04 Å². The maximum atomic E-state index is 11.5. The van der Waals surface area contributed by atoms with Crippen LogP contribution in [0.1, 0.15) is 19.3 Å². The summed E-state index contributed by atoms with van der Waals surface area (Å²) in [5.74, 6) is -0.0721. The van der Waals surface area contributed by atoms with Crippen molar-refractivity contribution < 1.29 is 4.79 Å². The third kappa shape index (κ3) is 2.88. The van der Waals surface area contributed by atoms with Crippen LogP contribution in [-0.4, -0.2) is 23.2 Å². The second kappa shape index (κ2) is 5.07. The molecular formula is C9H14N2OS. The molecule has 0 atom stereocenters. The molecule has 1 saturated carbocycles. The lowest BCUT2D eigenvalue weighted by atomic mass is 9.93. The van der Waals surface area contributed by atoms with Crippen LogP contribution in [0.25, 0.3) is 0 Å². The van der Waals surface area contributed by atoms with E-state index in [0.717, 1.165) is 12.8 Å². The van der Waals surface area contributed by atoms with Crippen molar-refractivity contribution in [2.45, 2.75) is 25.3 Å². The molecule has 0 heterocycles. The third-order valence-corrected chi connectivity index (χ3v) is 2.71. The van der Waals surface area contributed by atoms with Gasteiger partial charge in [-0.25, -0.2) is 4.99 Å². The highest BCUT2D eigenvalue weighted by Crippen LogP contribution is 2.18. The van der Waals surface area contributed by atoms with E-state index in [-0.39, 0.29) is 5.91 Å². The predicted molar refractivity (Wildman–Crippen MR) is 56.9 cm³/mol. The molecule has 1 rings (SSSR count). The summed E-state index contributed by atoms with van der Waals surface area (Å²) in [6.45, 7) is 3.46. The van der Waals surface area contributed by atoms with Crippen molar-refractivity contribution in [1.82, 2.24) is 5.32 Å². The summed E-state index contributed by atoms with van der Waals surface area (Å²) in [6, 6.07) is 0.370. The summed E-state index contributed by atoms with van der Waals surface area (Å²) in [6.07, 6.45) is 6.65. The van der Waals surface area contributed by atoms with Crippen LogP contribution in [0, 0.1) is 0 Å². The monoisotopic (exact) mass is 198 g/mol. The van der Waals surface area contributed by atoms with Crippen LogP contribution in [-0.2, 0) is 4.79 Å². The minimum atomic E-state index is -0.0721. The lowest BCUT2D eigenvalue weighted by Crippen LogP contribution is -2.42. The molecule has 1 amide bonds. The van der Waals surface area contributed by atoms with Gasteiger partial charge >= 0.3 is 0 Å². The SMILES string of the molecule is C=CN=C(SC)C(=O)NC1CCC1. The van der Waals surface area contributed by atoms with Gasteiger partial charge in [-0.3, -0.25) is 4.79 Å². The summed E-state index contributed by atoms with van der Waals surface area (Å²) < 4.78 is 0. The van der Waals surface area contributed by atoms with E-state index >= 15 is 0 Å². The Hall–Kier alpha value is -0.770. The fourth-order valence-corrected chi connectivity index (χ4v) is 1.51. The van der Waals surface area contributed by atoms with Crippen LogP contribution in [0.15, 0.2) is 17.8 Å². The van der Waals surface area contributed by atoms with Gasteiger partial charge < -0.3 is 5.32 Å². The normalized spacial score (nSPS) is 17.8. The molecule has 0 aromatic rings. The molecule has 72 valence electrons. The average molecular weight is 198 g/mol. The molecule has 13 heavy (non-hydrogen) atoms. The van der Waals surface area contributed by atoms with Crippen molar-refractivity contribution in [3.63, 3.8) is 0 Å². The van der Waals surface area contributed by atoms with Gasteiger partial charge in [-0.2, -0.15) is 0 Å². The number of carbonyl (C=O) groups excluding carboxylic acids is 1. The van der Waals surface area contributed by atoms with Crippen molar-refractivity contribution in [3.05, 3.63) is 12.8 Å².